The Morgan fingerprint density at radius 2 is 2.10 bits per heavy atom. The molecule has 0 aliphatic heterocycles. The highest BCUT2D eigenvalue weighted by atomic mass is 16.5. The van der Waals surface area contributed by atoms with E-state index in [0.717, 1.165) is 38.0 Å². The van der Waals surface area contributed by atoms with Gasteiger partial charge in [0.15, 0.2) is 0 Å². The van der Waals surface area contributed by atoms with Crippen molar-refractivity contribution in [3.05, 3.63) is 29.8 Å². The molecule has 1 aromatic carbocycles. The van der Waals surface area contributed by atoms with Crippen LogP contribution < -0.4 is 10.1 Å². The number of ether oxygens (including phenoxy) is 1. The molecule has 0 aromatic heterocycles. The van der Waals surface area contributed by atoms with Gasteiger partial charge >= 0.3 is 0 Å². The van der Waals surface area contributed by atoms with Gasteiger partial charge in [0.2, 0.25) is 0 Å². The first-order valence-corrected chi connectivity index (χ1v) is 7.71. The van der Waals surface area contributed by atoms with Crippen molar-refractivity contribution in [3.63, 3.8) is 0 Å². The number of aryl methyl sites for hydroxylation is 1. The van der Waals surface area contributed by atoms with Gasteiger partial charge in [0, 0.05) is 5.54 Å². The molecule has 2 N–H and O–H groups in total. The number of aliphatic hydroxyl groups is 1. The van der Waals surface area contributed by atoms with Gasteiger partial charge in [-0.15, -0.1) is 0 Å². The molecular formula is C17H29NO2. The van der Waals surface area contributed by atoms with Crippen LogP contribution in [0.25, 0.3) is 0 Å². The maximum Gasteiger partial charge on any atom is 0.119 e. The number of hydrogen-bond donors (Lipinski definition) is 2. The highest BCUT2D eigenvalue weighted by Crippen LogP contribution is 2.18. The molecule has 0 aliphatic rings. The average molecular weight is 279 g/mol. The Kier molecular flexibility index (Phi) is 7.63. The van der Waals surface area contributed by atoms with Gasteiger partial charge in [-0.25, -0.2) is 0 Å². The Labute approximate surface area is 123 Å². The summed E-state index contributed by atoms with van der Waals surface area (Å²) in [6.07, 6.45) is 3.90. The smallest absolute Gasteiger partial charge is 0.119 e. The van der Waals surface area contributed by atoms with Gasteiger partial charge in [-0.3, -0.25) is 0 Å². The molecule has 0 saturated heterocycles. The lowest BCUT2D eigenvalue weighted by Crippen LogP contribution is -2.48. The monoisotopic (exact) mass is 279 g/mol. The van der Waals surface area contributed by atoms with Crippen molar-refractivity contribution in [1.29, 1.82) is 0 Å². The molecule has 0 fully saturated rings. The Balaban J connectivity index is 2.37. The SMILES string of the molecule is CCCNC(CC)(CO)CCCOc1cccc(C)c1. The summed E-state index contributed by atoms with van der Waals surface area (Å²) in [5, 5.41) is 13.1. The molecule has 0 bridgehead atoms. The highest BCUT2D eigenvalue weighted by molar-refractivity contribution is 5.27. The van der Waals surface area contributed by atoms with Crippen LogP contribution in [-0.4, -0.2) is 30.4 Å². The lowest BCUT2D eigenvalue weighted by Gasteiger charge is -2.32. The molecule has 1 atom stereocenters. The summed E-state index contributed by atoms with van der Waals surface area (Å²) < 4.78 is 5.77. The summed E-state index contributed by atoms with van der Waals surface area (Å²) in [6.45, 7) is 8.17. The fourth-order valence-electron chi connectivity index (χ4n) is 2.33. The lowest BCUT2D eigenvalue weighted by molar-refractivity contribution is 0.138. The predicted octanol–water partition coefficient (Wildman–Crippen LogP) is 3.29. The first-order valence-electron chi connectivity index (χ1n) is 7.71. The van der Waals surface area contributed by atoms with Gasteiger partial charge in [0.05, 0.1) is 13.2 Å². The third kappa shape index (κ3) is 5.51. The summed E-state index contributed by atoms with van der Waals surface area (Å²) >= 11 is 0. The quantitative estimate of drug-likeness (QED) is 0.646. The van der Waals surface area contributed by atoms with Gasteiger partial charge in [-0.05, 0) is 56.8 Å². The zero-order valence-electron chi connectivity index (χ0n) is 13.1. The fraction of sp³-hybridized carbons (Fsp3) is 0.647. The van der Waals surface area contributed by atoms with E-state index in [1.165, 1.54) is 5.56 Å². The van der Waals surface area contributed by atoms with Gasteiger partial charge < -0.3 is 15.2 Å². The largest absolute Gasteiger partial charge is 0.494 e. The number of nitrogens with one attached hydrogen (secondary N) is 1. The molecule has 0 amide bonds. The molecular weight excluding hydrogens is 250 g/mol. The molecule has 114 valence electrons. The first kappa shape index (κ1) is 17.0. The Bertz CT molecular complexity index is 375. The van der Waals surface area contributed by atoms with Crippen LogP contribution in [0.5, 0.6) is 5.75 Å². The fourth-order valence-corrected chi connectivity index (χ4v) is 2.33. The van der Waals surface area contributed by atoms with Gasteiger partial charge in [-0.1, -0.05) is 26.0 Å². The number of rotatable bonds is 10. The molecule has 3 nitrogen and oxygen atoms in total. The molecule has 0 spiro atoms. The second kappa shape index (κ2) is 8.98. The third-order valence-electron chi connectivity index (χ3n) is 3.79. The van der Waals surface area contributed by atoms with Gasteiger partial charge in [-0.2, -0.15) is 0 Å². The third-order valence-corrected chi connectivity index (χ3v) is 3.79. The van der Waals surface area contributed by atoms with Gasteiger partial charge in [0.25, 0.3) is 0 Å². The summed E-state index contributed by atoms with van der Waals surface area (Å²) in [7, 11) is 0. The van der Waals surface area contributed by atoms with Crippen molar-refractivity contribution in [2.45, 2.75) is 52.0 Å². The normalized spacial score (nSPS) is 14.0. The van der Waals surface area contributed by atoms with E-state index >= 15 is 0 Å². The van der Waals surface area contributed by atoms with Crippen molar-refractivity contribution >= 4 is 0 Å². The van der Waals surface area contributed by atoms with Crippen LogP contribution in [0.15, 0.2) is 24.3 Å². The average Bonchev–Trinajstić information content (AvgIpc) is 2.47. The van der Waals surface area contributed by atoms with Crippen LogP contribution in [-0.2, 0) is 0 Å². The maximum absolute atomic E-state index is 9.65. The standard InChI is InChI=1S/C17H29NO2/c1-4-11-18-17(5-2,14-19)10-7-12-20-16-9-6-8-15(3)13-16/h6,8-9,13,18-19H,4-5,7,10-12,14H2,1-3H3. The molecule has 0 radical (unpaired) electrons. The van der Waals surface area contributed by atoms with Crippen molar-refractivity contribution in [1.82, 2.24) is 5.32 Å². The van der Waals surface area contributed by atoms with Gasteiger partial charge in [0.1, 0.15) is 5.75 Å². The zero-order chi connectivity index (χ0) is 14.8. The minimum Gasteiger partial charge on any atom is -0.494 e. The Morgan fingerprint density at radius 3 is 2.70 bits per heavy atom. The molecule has 1 rings (SSSR count). The van der Waals surface area contributed by atoms with E-state index in [4.69, 9.17) is 4.74 Å². The maximum atomic E-state index is 9.65. The Hall–Kier alpha value is -1.06. The zero-order valence-corrected chi connectivity index (χ0v) is 13.1. The summed E-state index contributed by atoms with van der Waals surface area (Å²) in [4.78, 5) is 0. The topological polar surface area (TPSA) is 41.5 Å². The Morgan fingerprint density at radius 1 is 1.30 bits per heavy atom. The van der Waals surface area contributed by atoms with Crippen LogP contribution in [0.3, 0.4) is 0 Å². The molecule has 0 aliphatic carbocycles. The molecule has 20 heavy (non-hydrogen) atoms. The van der Waals surface area contributed by atoms with E-state index in [0.29, 0.717) is 6.61 Å². The molecule has 0 saturated carbocycles. The number of hydrogen-bond acceptors (Lipinski definition) is 3. The minimum absolute atomic E-state index is 0.147. The predicted molar refractivity (Wildman–Crippen MR) is 84.3 cm³/mol. The van der Waals surface area contributed by atoms with E-state index in [-0.39, 0.29) is 12.1 Å². The molecule has 1 unspecified atom stereocenters. The van der Waals surface area contributed by atoms with Crippen LogP contribution in [0.2, 0.25) is 0 Å². The van der Waals surface area contributed by atoms with E-state index < -0.39 is 0 Å². The van der Waals surface area contributed by atoms with E-state index in [9.17, 15) is 5.11 Å². The van der Waals surface area contributed by atoms with Crippen LogP contribution in [0.4, 0.5) is 0 Å². The van der Waals surface area contributed by atoms with E-state index in [1.54, 1.807) is 0 Å². The molecule has 1 aromatic rings. The van der Waals surface area contributed by atoms with Crippen molar-refractivity contribution in [3.8, 4) is 5.75 Å². The highest BCUT2D eigenvalue weighted by Gasteiger charge is 2.25. The minimum atomic E-state index is -0.147. The van der Waals surface area contributed by atoms with E-state index in [2.05, 4.69) is 38.2 Å². The summed E-state index contributed by atoms with van der Waals surface area (Å²) in [5.41, 5.74) is 1.07. The van der Waals surface area contributed by atoms with Crippen molar-refractivity contribution < 1.29 is 9.84 Å². The first-order chi connectivity index (χ1) is 9.65. The number of benzene rings is 1. The lowest BCUT2D eigenvalue weighted by atomic mass is 9.91. The number of aliphatic hydroxyl groups excluding tert-OH is 1. The summed E-state index contributed by atoms with van der Waals surface area (Å²) in [6, 6.07) is 8.11. The van der Waals surface area contributed by atoms with Crippen LogP contribution in [0.1, 0.15) is 45.1 Å². The van der Waals surface area contributed by atoms with Crippen LogP contribution >= 0.6 is 0 Å². The van der Waals surface area contributed by atoms with Crippen molar-refractivity contribution in [2.75, 3.05) is 19.8 Å². The second-order valence-electron chi connectivity index (χ2n) is 5.49. The second-order valence-corrected chi connectivity index (χ2v) is 5.49. The van der Waals surface area contributed by atoms with E-state index in [1.807, 2.05) is 12.1 Å². The molecule has 3 heteroatoms. The van der Waals surface area contributed by atoms with Crippen molar-refractivity contribution in [2.24, 2.45) is 0 Å². The molecule has 0 heterocycles. The summed E-state index contributed by atoms with van der Waals surface area (Å²) in [5.74, 6) is 0.928. The van der Waals surface area contributed by atoms with Crippen LogP contribution in [0, 0.1) is 6.92 Å².